The quantitative estimate of drug-likeness (QED) is 0.297. The molecular weight excluding hydrogens is 484 g/mol. The molecule has 1 atom stereocenters. The third-order valence-corrected chi connectivity index (χ3v) is 6.18. The zero-order chi connectivity index (χ0) is 24.9. The zero-order valence-electron chi connectivity index (χ0n) is 18.7. The first-order chi connectivity index (χ1) is 16.9. The largest absolute Gasteiger partial charge is 0.345 e. The molecule has 1 heterocycles. The molecule has 0 saturated heterocycles. The lowest BCUT2D eigenvalue weighted by molar-refractivity contribution is 0.0938. The Kier molecular flexibility index (Phi) is 7.45. The van der Waals surface area contributed by atoms with Crippen LogP contribution in [0.25, 0.3) is 22.4 Å². The van der Waals surface area contributed by atoms with Gasteiger partial charge < -0.3 is 5.32 Å². The van der Waals surface area contributed by atoms with Gasteiger partial charge in [-0.25, -0.2) is 4.39 Å². The van der Waals surface area contributed by atoms with E-state index < -0.39 is 17.8 Å². The number of benzene rings is 3. The van der Waals surface area contributed by atoms with Crippen molar-refractivity contribution >= 4 is 29.1 Å². The molecule has 0 aliphatic heterocycles. The van der Waals surface area contributed by atoms with Gasteiger partial charge in [0.1, 0.15) is 5.82 Å². The van der Waals surface area contributed by atoms with Crippen LogP contribution < -0.4 is 5.32 Å². The van der Waals surface area contributed by atoms with Crippen molar-refractivity contribution in [2.24, 2.45) is 0 Å². The Balaban J connectivity index is 1.85. The third kappa shape index (κ3) is 5.35. The Labute approximate surface area is 213 Å². The van der Waals surface area contributed by atoms with E-state index in [0.29, 0.717) is 38.1 Å². The molecule has 0 aliphatic carbocycles. The third-order valence-electron chi connectivity index (χ3n) is 5.59. The maximum Gasteiger partial charge on any atom is 0.253 e. The molecule has 0 bridgehead atoms. The summed E-state index contributed by atoms with van der Waals surface area (Å²) >= 11 is 12.6. The highest BCUT2D eigenvalue weighted by molar-refractivity contribution is 6.33. The standard InChI is InChI=1S/C28H20Cl2FN3O/c1-17(20-6-3-5-9-25(20)31)33-28(35)23-16-22(21-7-2-4-8-24(21)30)27(34-26(23)14-15-32)18-10-12-19(29)13-11-18/h2-13,16-17H,14H2,1H3,(H,33,35)/t17-/m1/s1. The molecular formula is C28H20Cl2FN3O. The van der Waals surface area contributed by atoms with Crippen LogP contribution in [0.4, 0.5) is 4.39 Å². The summed E-state index contributed by atoms with van der Waals surface area (Å²) in [6.45, 7) is 1.70. The smallest absolute Gasteiger partial charge is 0.253 e. The van der Waals surface area contributed by atoms with Crippen molar-refractivity contribution in [3.63, 3.8) is 0 Å². The van der Waals surface area contributed by atoms with Crippen molar-refractivity contribution in [1.29, 1.82) is 5.26 Å². The van der Waals surface area contributed by atoms with Gasteiger partial charge in [-0.15, -0.1) is 0 Å². The van der Waals surface area contributed by atoms with Crippen LogP contribution in [-0.2, 0) is 6.42 Å². The van der Waals surface area contributed by atoms with E-state index in [1.54, 1.807) is 49.4 Å². The normalized spacial score (nSPS) is 11.5. The Bertz CT molecular complexity index is 1430. The highest BCUT2D eigenvalue weighted by atomic mass is 35.5. The van der Waals surface area contributed by atoms with Crippen molar-refractivity contribution in [2.45, 2.75) is 19.4 Å². The molecule has 4 nitrogen and oxygen atoms in total. The molecule has 0 unspecified atom stereocenters. The molecule has 7 heteroatoms. The van der Waals surface area contributed by atoms with Crippen molar-refractivity contribution < 1.29 is 9.18 Å². The van der Waals surface area contributed by atoms with Gasteiger partial charge in [0.25, 0.3) is 5.91 Å². The fourth-order valence-corrected chi connectivity index (χ4v) is 4.21. The Morgan fingerprint density at radius 2 is 1.71 bits per heavy atom. The fourth-order valence-electron chi connectivity index (χ4n) is 3.85. The summed E-state index contributed by atoms with van der Waals surface area (Å²) in [6, 6.07) is 23.8. The minimum absolute atomic E-state index is 0.0831. The van der Waals surface area contributed by atoms with Crippen LogP contribution in [0.5, 0.6) is 0 Å². The highest BCUT2D eigenvalue weighted by Gasteiger charge is 2.22. The SMILES string of the molecule is C[C@@H](NC(=O)c1cc(-c2ccccc2Cl)c(-c2ccc(Cl)cc2)nc1CC#N)c1ccccc1F. The number of rotatable bonds is 6. The average molecular weight is 504 g/mol. The number of aromatic nitrogens is 1. The number of nitrogens with zero attached hydrogens (tertiary/aromatic N) is 2. The lowest BCUT2D eigenvalue weighted by Crippen LogP contribution is -2.28. The van der Waals surface area contributed by atoms with Gasteiger partial charge in [-0.1, -0.05) is 71.7 Å². The molecule has 1 amide bonds. The first-order valence-corrected chi connectivity index (χ1v) is 11.6. The molecule has 0 aliphatic rings. The second-order valence-corrected chi connectivity index (χ2v) is 8.76. The van der Waals surface area contributed by atoms with Crippen LogP contribution in [0.3, 0.4) is 0 Å². The summed E-state index contributed by atoms with van der Waals surface area (Å²) in [5.41, 5.74) is 3.54. The van der Waals surface area contributed by atoms with Gasteiger partial charge in [0, 0.05) is 32.3 Å². The van der Waals surface area contributed by atoms with Gasteiger partial charge in [-0.3, -0.25) is 9.78 Å². The van der Waals surface area contributed by atoms with E-state index in [1.165, 1.54) is 6.07 Å². The Morgan fingerprint density at radius 1 is 1.03 bits per heavy atom. The van der Waals surface area contributed by atoms with E-state index in [9.17, 15) is 14.4 Å². The van der Waals surface area contributed by atoms with Gasteiger partial charge in [0.05, 0.1) is 35.5 Å². The predicted molar refractivity (Wildman–Crippen MR) is 137 cm³/mol. The van der Waals surface area contributed by atoms with Crippen molar-refractivity contribution in [3.8, 4) is 28.5 Å². The number of hydrogen-bond donors (Lipinski definition) is 1. The molecule has 35 heavy (non-hydrogen) atoms. The number of pyridine rings is 1. The zero-order valence-corrected chi connectivity index (χ0v) is 20.2. The summed E-state index contributed by atoms with van der Waals surface area (Å²) < 4.78 is 14.3. The van der Waals surface area contributed by atoms with Crippen LogP contribution in [0, 0.1) is 17.1 Å². The van der Waals surface area contributed by atoms with E-state index in [4.69, 9.17) is 28.2 Å². The molecule has 3 aromatic carbocycles. The number of amides is 1. The summed E-state index contributed by atoms with van der Waals surface area (Å²) in [5.74, 6) is -0.875. The lowest BCUT2D eigenvalue weighted by Gasteiger charge is -2.19. The molecule has 0 spiro atoms. The summed E-state index contributed by atoms with van der Waals surface area (Å²) in [7, 11) is 0. The van der Waals surface area contributed by atoms with Gasteiger partial charge in [0.15, 0.2) is 0 Å². The number of carbonyl (C=O) groups is 1. The molecule has 0 fully saturated rings. The lowest BCUT2D eigenvalue weighted by atomic mass is 9.95. The number of carbonyl (C=O) groups excluding carboxylic acids is 1. The fraction of sp³-hybridized carbons (Fsp3) is 0.107. The van der Waals surface area contributed by atoms with Crippen molar-refractivity contribution in [3.05, 3.63) is 112 Å². The van der Waals surface area contributed by atoms with E-state index >= 15 is 0 Å². The molecule has 174 valence electrons. The average Bonchev–Trinajstić information content (AvgIpc) is 2.85. The van der Waals surface area contributed by atoms with E-state index in [1.807, 2.05) is 30.3 Å². The molecule has 4 rings (SSSR count). The minimum Gasteiger partial charge on any atom is -0.345 e. The van der Waals surface area contributed by atoms with Crippen molar-refractivity contribution in [1.82, 2.24) is 10.3 Å². The van der Waals surface area contributed by atoms with E-state index in [0.717, 1.165) is 5.56 Å². The number of nitrogens with one attached hydrogen (secondary N) is 1. The monoisotopic (exact) mass is 503 g/mol. The molecule has 4 aromatic rings. The molecule has 0 saturated carbocycles. The topological polar surface area (TPSA) is 65.8 Å². The van der Waals surface area contributed by atoms with Crippen LogP contribution >= 0.6 is 23.2 Å². The predicted octanol–water partition coefficient (Wildman–Crippen LogP) is 7.42. The minimum atomic E-state index is -0.599. The summed E-state index contributed by atoms with van der Waals surface area (Å²) in [6.07, 6.45) is -0.0831. The maximum atomic E-state index is 14.3. The highest BCUT2D eigenvalue weighted by Crippen LogP contribution is 2.37. The number of hydrogen-bond acceptors (Lipinski definition) is 3. The number of nitriles is 1. The second kappa shape index (κ2) is 10.7. The first kappa shape index (κ1) is 24.4. The maximum absolute atomic E-state index is 14.3. The summed E-state index contributed by atoms with van der Waals surface area (Å²) in [4.78, 5) is 18.1. The van der Waals surface area contributed by atoms with E-state index in [-0.39, 0.29) is 12.0 Å². The molecule has 0 radical (unpaired) electrons. The molecule has 1 aromatic heterocycles. The molecule has 1 N–H and O–H groups in total. The van der Waals surface area contributed by atoms with Gasteiger partial charge in [0.2, 0.25) is 0 Å². The first-order valence-electron chi connectivity index (χ1n) is 10.9. The van der Waals surface area contributed by atoms with Gasteiger partial charge in [-0.05, 0) is 37.3 Å². The van der Waals surface area contributed by atoms with Gasteiger partial charge in [-0.2, -0.15) is 5.26 Å². The Hall–Kier alpha value is -3.72. The van der Waals surface area contributed by atoms with Gasteiger partial charge >= 0.3 is 0 Å². The van der Waals surface area contributed by atoms with E-state index in [2.05, 4.69) is 11.4 Å². The van der Waals surface area contributed by atoms with Crippen LogP contribution in [0.2, 0.25) is 10.0 Å². The van der Waals surface area contributed by atoms with Crippen LogP contribution in [0.15, 0.2) is 78.9 Å². The second-order valence-electron chi connectivity index (χ2n) is 7.92. The summed E-state index contributed by atoms with van der Waals surface area (Å²) in [5, 5.41) is 13.3. The Morgan fingerprint density at radius 3 is 2.40 bits per heavy atom. The van der Waals surface area contributed by atoms with Crippen LogP contribution in [-0.4, -0.2) is 10.9 Å². The van der Waals surface area contributed by atoms with Crippen molar-refractivity contribution in [2.75, 3.05) is 0 Å². The van der Waals surface area contributed by atoms with Crippen LogP contribution in [0.1, 0.15) is 34.6 Å². The number of halogens is 3.